The molecule has 1 atom stereocenters. The average Bonchev–Trinajstić information content (AvgIpc) is 2.90. The van der Waals surface area contributed by atoms with E-state index in [1.807, 2.05) is 0 Å². The van der Waals surface area contributed by atoms with E-state index in [1.165, 1.54) is 0 Å². The van der Waals surface area contributed by atoms with Gasteiger partial charge in [-0.25, -0.2) is 0 Å². The fraction of sp³-hybridized carbons (Fsp3) is 0.462. The molecule has 1 aromatic carbocycles. The van der Waals surface area contributed by atoms with Crippen molar-refractivity contribution in [1.82, 2.24) is 5.32 Å². The number of nitrogens with one attached hydrogen (secondary N) is 2. The van der Waals surface area contributed by atoms with Crippen molar-refractivity contribution in [2.45, 2.75) is 18.8 Å². The third-order valence-electron chi connectivity index (χ3n) is 3.29. The maximum atomic E-state index is 12.7. The molecular formula is C13H13ClF6N2O. The van der Waals surface area contributed by atoms with Crippen LogP contribution < -0.4 is 10.6 Å². The largest absolute Gasteiger partial charge is 0.416 e. The fourth-order valence-corrected chi connectivity index (χ4v) is 2.15. The number of halogens is 7. The lowest BCUT2D eigenvalue weighted by Crippen LogP contribution is -2.25. The highest BCUT2D eigenvalue weighted by Crippen LogP contribution is 2.37. The summed E-state index contributed by atoms with van der Waals surface area (Å²) in [6.45, 7) is 0.922. The summed E-state index contributed by atoms with van der Waals surface area (Å²) in [6, 6.07) is 1.01. The minimum atomic E-state index is -4.93. The third kappa shape index (κ3) is 5.00. The first-order chi connectivity index (χ1) is 10.1. The molecule has 10 heteroatoms. The highest BCUT2D eigenvalue weighted by atomic mass is 35.5. The van der Waals surface area contributed by atoms with Gasteiger partial charge in [0.15, 0.2) is 0 Å². The molecule has 1 aromatic rings. The summed E-state index contributed by atoms with van der Waals surface area (Å²) < 4.78 is 76.1. The zero-order valence-electron chi connectivity index (χ0n) is 11.5. The summed E-state index contributed by atoms with van der Waals surface area (Å²) >= 11 is 0. The summed E-state index contributed by atoms with van der Waals surface area (Å²) in [5.74, 6) is -1.07. The molecule has 1 aliphatic rings. The summed E-state index contributed by atoms with van der Waals surface area (Å²) in [4.78, 5) is 11.8. The van der Waals surface area contributed by atoms with Crippen molar-refractivity contribution < 1.29 is 31.1 Å². The number of benzene rings is 1. The first-order valence-corrected chi connectivity index (χ1v) is 6.38. The van der Waals surface area contributed by atoms with Gasteiger partial charge in [0.25, 0.3) is 0 Å². The maximum Gasteiger partial charge on any atom is 0.416 e. The molecule has 0 radical (unpaired) electrons. The molecule has 3 nitrogen and oxygen atoms in total. The summed E-state index contributed by atoms with van der Waals surface area (Å²) in [5.41, 5.74) is -3.43. The Hall–Kier alpha value is -1.48. The average molecular weight is 363 g/mol. The van der Waals surface area contributed by atoms with Crippen LogP contribution in [0.3, 0.4) is 0 Å². The molecule has 2 rings (SSSR count). The molecular weight excluding hydrogens is 350 g/mol. The van der Waals surface area contributed by atoms with Crippen molar-refractivity contribution in [1.29, 1.82) is 0 Å². The second-order valence-corrected chi connectivity index (χ2v) is 4.97. The van der Waals surface area contributed by atoms with E-state index in [9.17, 15) is 31.1 Å². The lowest BCUT2D eigenvalue weighted by atomic mass is 10.1. The molecule has 130 valence electrons. The van der Waals surface area contributed by atoms with E-state index in [-0.39, 0.29) is 18.5 Å². The van der Waals surface area contributed by atoms with Crippen LogP contribution in [0.2, 0.25) is 0 Å². The molecule has 0 saturated carbocycles. The Kier molecular flexibility index (Phi) is 5.92. The van der Waals surface area contributed by atoms with Crippen LogP contribution in [0.1, 0.15) is 17.5 Å². The summed E-state index contributed by atoms with van der Waals surface area (Å²) in [5, 5.41) is 5.02. The first kappa shape index (κ1) is 19.6. The van der Waals surface area contributed by atoms with E-state index >= 15 is 0 Å². The molecule has 1 fully saturated rings. The highest BCUT2D eigenvalue weighted by molar-refractivity contribution is 5.93. The zero-order chi connectivity index (χ0) is 16.5. The maximum absolute atomic E-state index is 12.7. The fourth-order valence-electron chi connectivity index (χ4n) is 2.15. The quantitative estimate of drug-likeness (QED) is 0.788. The Labute approximate surface area is 133 Å². The van der Waals surface area contributed by atoms with Crippen LogP contribution >= 0.6 is 12.4 Å². The van der Waals surface area contributed by atoms with Gasteiger partial charge in [-0.15, -0.1) is 12.4 Å². The van der Waals surface area contributed by atoms with Gasteiger partial charge in [-0.05, 0) is 31.2 Å². The van der Waals surface area contributed by atoms with Crippen molar-refractivity contribution in [3.05, 3.63) is 29.3 Å². The SMILES string of the molecule is Cl.O=C(Nc1cc(C(F)(F)F)cc(C(F)(F)F)c1)C1CCNC1. The normalized spacial score (nSPS) is 18.4. The Morgan fingerprint density at radius 1 is 1.04 bits per heavy atom. The minimum Gasteiger partial charge on any atom is -0.326 e. The minimum absolute atomic E-state index is 0. The number of alkyl halides is 6. The monoisotopic (exact) mass is 362 g/mol. The predicted molar refractivity (Wildman–Crippen MR) is 73.3 cm³/mol. The van der Waals surface area contributed by atoms with Gasteiger partial charge in [0.05, 0.1) is 17.0 Å². The summed E-state index contributed by atoms with van der Waals surface area (Å²) in [7, 11) is 0. The van der Waals surface area contributed by atoms with Crippen LogP contribution in [0.4, 0.5) is 32.0 Å². The lowest BCUT2D eigenvalue weighted by molar-refractivity contribution is -0.143. The molecule has 0 aliphatic carbocycles. The van der Waals surface area contributed by atoms with Gasteiger partial charge in [-0.2, -0.15) is 26.3 Å². The number of hydrogen-bond donors (Lipinski definition) is 2. The molecule has 1 amide bonds. The van der Waals surface area contributed by atoms with E-state index in [0.717, 1.165) is 0 Å². The van der Waals surface area contributed by atoms with E-state index < -0.39 is 41.0 Å². The highest BCUT2D eigenvalue weighted by Gasteiger charge is 2.37. The molecule has 1 heterocycles. The van der Waals surface area contributed by atoms with E-state index in [1.54, 1.807) is 0 Å². The Morgan fingerprint density at radius 3 is 1.96 bits per heavy atom. The Morgan fingerprint density at radius 2 is 1.57 bits per heavy atom. The Bertz CT molecular complexity index is 534. The number of carbonyl (C=O) groups is 1. The van der Waals surface area contributed by atoms with Crippen molar-refractivity contribution in [2.75, 3.05) is 18.4 Å². The van der Waals surface area contributed by atoms with Crippen molar-refractivity contribution in [3.8, 4) is 0 Å². The van der Waals surface area contributed by atoms with Crippen LogP contribution in [0.25, 0.3) is 0 Å². The second kappa shape index (κ2) is 6.96. The first-order valence-electron chi connectivity index (χ1n) is 6.38. The standard InChI is InChI=1S/C13H12F6N2O.ClH/c14-12(15,16)8-3-9(13(17,18)19)5-10(4-8)21-11(22)7-1-2-20-6-7;/h3-5,7,20H,1-2,6H2,(H,21,22);1H. The van der Waals surface area contributed by atoms with Gasteiger partial charge < -0.3 is 10.6 Å². The van der Waals surface area contributed by atoms with Gasteiger partial charge in [-0.1, -0.05) is 0 Å². The van der Waals surface area contributed by atoms with Crippen LogP contribution in [0, 0.1) is 5.92 Å². The van der Waals surface area contributed by atoms with Crippen LogP contribution in [-0.4, -0.2) is 19.0 Å². The third-order valence-corrected chi connectivity index (χ3v) is 3.29. The topological polar surface area (TPSA) is 41.1 Å². The second-order valence-electron chi connectivity index (χ2n) is 4.97. The van der Waals surface area contributed by atoms with Crippen molar-refractivity contribution in [2.24, 2.45) is 5.92 Å². The van der Waals surface area contributed by atoms with E-state index in [0.29, 0.717) is 31.6 Å². The molecule has 1 saturated heterocycles. The van der Waals surface area contributed by atoms with Gasteiger partial charge in [0.1, 0.15) is 0 Å². The van der Waals surface area contributed by atoms with Crippen LogP contribution in [0.5, 0.6) is 0 Å². The zero-order valence-corrected chi connectivity index (χ0v) is 12.3. The van der Waals surface area contributed by atoms with Gasteiger partial charge >= 0.3 is 12.4 Å². The molecule has 23 heavy (non-hydrogen) atoms. The van der Waals surface area contributed by atoms with Gasteiger partial charge in [0, 0.05) is 12.2 Å². The molecule has 0 spiro atoms. The van der Waals surface area contributed by atoms with Crippen molar-refractivity contribution in [3.63, 3.8) is 0 Å². The molecule has 0 bridgehead atoms. The molecule has 1 aliphatic heterocycles. The van der Waals surface area contributed by atoms with E-state index in [2.05, 4.69) is 10.6 Å². The summed E-state index contributed by atoms with van der Waals surface area (Å²) in [6.07, 6.45) is -9.39. The number of rotatable bonds is 2. The Balaban J connectivity index is 0.00000264. The molecule has 2 N–H and O–H groups in total. The van der Waals surface area contributed by atoms with E-state index in [4.69, 9.17) is 0 Å². The van der Waals surface area contributed by atoms with Gasteiger partial charge in [0.2, 0.25) is 5.91 Å². The smallest absolute Gasteiger partial charge is 0.326 e. The van der Waals surface area contributed by atoms with Crippen LogP contribution in [0.15, 0.2) is 18.2 Å². The molecule has 1 unspecified atom stereocenters. The van der Waals surface area contributed by atoms with Crippen LogP contribution in [-0.2, 0) is 17.1 Å². The van der Waals surface area contributed by atoms with Crippen molar-refractivity contribution >= 4 is 24.0 Å². The predicted octanol–water partition coefficient (Wildman–Crippen LogP) is 3.69. The van der Waals surface area contributed by atoms with Gasteiger partial charge in [-0.3, -0.25) is 4.79 Å². The number of hydrogen-bond acceptors (Lipinski definition) is 2. The molecule has 0 aromatic heterocycles. The lowest BCUT2D eigenvalue weighted by Gasteiger charge is -2.16. The number of carbonyl (C=O) groups excluding carboxylic acids is 1. The number of anilines is 1. The number of amides is 1.